The van der Waals surface area contributed by atoms with Crippen molar-refractivity contribution in [2.24, 2.45) is 0 Å². The van der Waals surface area contributed by atoms with E-state index >= 15 is 0 Å². The summed E-state index contributed by atoms with van der Waals surface area (Å²) in [6.45, 7) is 0.329. The Morgan fingerprint density at radius 3 is 2.58 bits per heavy atom. The normalized spacial score (nSPS) is 18.6. The van der Waals surface area contributed by atoms with Crippen LogP contribution in [0.5, 0.6) is 5.75 Å². The second-order valence-corrected chi connectivity index (χ2v) is 9.07. The number of rotatable bonds is 5. The topological polar surface area (TPSA) is 75.7 Å². The molecule has 1 N–H and O–H groups in total. The Morgan fingerprint density at radius 2 is 1.87 bits per heavy atom. The van der Waals surface area contributed by atoms with Crippen LogP contribution >= 0.6 is 34.2 Å². The van der Waals surface area contributed by atoms with Crippen LogP contribution in [-0.2, 0) is 16.2 Å². The van der Waals surface area contributed by atoms with Crippen molar-refractivity contribution in [2.75, 3.05) is 0 Å². The van der Waals surface area contributed by atoms with Crippen LogP contribution in [0.4, 0.5) is 4.79 Å². The zero-order chi connectivity index (χ0) is 22.0. The van der Waals surface area contributed by atoms with Crippen molar-refractivity contribution in [3.05, 3.63) is 67.8 Å². The minimum absolute atomic E-state index is 0.0352. The van der Waals surface area contributed by atoms with Gasteiger partial charge >= 0.3 is 6.03 Å². The number of carbonyl (C=O) groups is 3. The Bertz CT molecular complexity index is 1080. The fourth-order valence-corrected chi connectivity index (χ4v) is 4.71. The molecule has 8 heteroatoms. The average molecular weight is 551 g/mol. The third-order valence-electron chi connectivity index (χ3n) is 5.43. The van der Waals surface area contributed by atoms with E-state index in [2.05, 4.69) is 27.9 Å². The lowest BCUT2D eigenvalue weighted by molar-refractivity contribution is -0.131. The van der Waals surface area contributed by atoms with Gasteiger partial charge in [0.2, 0.25) is 0 Å². The largest absolute Gasteiger partial charge is 0.488 e. The summed E-state index contributed by atoms with van der Waals surface area (Å²) in [4.78, 5) is 38.7. The monoisotopic (exact) mass is 550 g/mol. The van der Waals surface area contributed by atoms with Gasteiger partial charge in [-0.15, -0.1) is 0 Å². The lowest BCUT2D eigenvalue weighted by atomic mass is 10.1. The number of halogens is 2. The van der Waals surface area contributed by atoms with Gasteiger partial charge in [0.1, 0.15) is 17.9 Å². The smallest absolute Gasteiger partial charge is 0.331 e. The number of urea groups is 1. The number of hydrogen-bond donors (Lipinski definition) is 1. The Hall–Kier alpha value is -2.39. The molecular formula is C23H20ClIN2O4. The molecule has 2 aliphatic rings. The summed E-state index contributed by atoms with van der Waals surface area (Å²) >= 11 is 8.32. The van der Waals surface area contributed by atoms with Crippen molar-refractivity contribution in [1.29, 1.82) is 0 Å². The summed E-state index contributed by atoms with van der Waals surface area (Å²) in [6.07, 6.45) is 5.02. The highest BCUT2D eigenvalue weighted by Gasteiger charge is 2.40. The van der Waals surface area contributed by atoms with Crippen molar-refractivity contribution in [2.45, 2.75) is 38.3 Å². The van der Waals surface area contributed by atoms with Crippen LogP contribution in [0.15, 0.2) is 48.0 Å². The molecule has 0 bridgehead atoms. The Morgan fingerprint density at radius 1 is 1.13 bits per heavy atom. The molecule has 2 aromatic rings. The zero-order valence-electron chi connectivity index (χ0n) is 16.6. The molecule has 1 saturated carbocycles. The first-order valence-electron chi connectivity index (χ1n) is 10.0. The standard InChI is InChI=1S/C23H20ClIN2O4/c24-18-8-4-1-5-15(18)13-31-20-10-9-14(12-19(20)25)11-17-21(28)26-23(30)27(22(17)29)16-6-2-3-7-16/h1,4-5,8-12,16H,2-3,6-7,13H2,(H,26,28,30)/b17-11+. The van der Waals surface area contributed by atoms with Crippen molar-refractivity contribution in [3.63, 3.8) is 0 Å². The second-order valence-electron chi connectivity index (χ2n) is 7.50. The third kappa shape index (κ3) is 4.77. The van der Waals surface area contributed by atoms with Gasteiger partial charge in [-0.1, -0.05) is 48.7 Å². The molecule has 1 aliphatic carbocycles. The summed E-state index contributed by atoms with van der Waals surface area (Å²) in [5.74, 6) is -0.530. The van der Waals surface area contributed by atoms with Crippen molar-refractivity contribution in [1.82, 2.24) is 10.2 Å². The summed E-state index contributed by atoms with van der Waals surface area (Å²) in [5.41, 5.74) is 1.52. The Balaban J connectivity index is 1.53. The highest BCUT2D eigenvalue weighted by molar-refractivity contribution is 14.1. The predicted octanol–water partition coefficient (Wildman–Crippen LogP) is 4.93. The average Bonchev–Trinajstić information content (AvgIpc) is 3.26. The summed E-state index contributed by atoms with van der Waals surface area (Å²) in [5, 5.41) is 2.94. The first kappa shape index (κ1) is 21.8. The maximum Gasteiger partial charge on any atom is 0.331 e. The molecule has 0 radical (unpaired) electrons. The van der Waals surface area contributed by atoms with Gasteiger partial charge in [-0.25, -0.2) is 4.79 Å². The minimum atomic E-state index is -0.668. The van der Waals surface area contributed by atoms with E-state index in [0.717, 1.165) is 34.8 Å². The fraction of sp³-hybridized carbons (Fsp3) is 0.261. The third-order valence-corrected chi connectivity index (χ3v) is 6.64. The van der Waals surface area contributed by atoms with E-state index in [1.165, 1.54) is 11.0 Å². The Kier molecular flexibility index (Phi) is 6.62. The SMILES string of the molecule is O=C1NC(=O)N(C2CCCC2)C(=O)/C1=C/c1ccc(OCc2ccccc2Cl)c(I)c1. The van der Waals surface area contributed by atoms with E-state index in [1.54, 1.807) is 12.1 Å². The quantitative estimate of drug-likeness (QED) is 0.326. The van der Waals surface area contributed by atoms with Gasteiger partial charge in [0, 0.05) is 16.6 Å². The van der Waals surface area contributed by atoms with Crippen LogP contribution in [0.2, 0.25) is 5.02 Å². The van der Waals surface area contributed by atoms with Gasteiger partial charge in [-0.2, -0.15) is 0 Å². The van der Waals surface area contributed by atoms with Crippen molar-refractivity contribution < 1.29 is 19.1 Å². The molecule has 31 heavy (non-hydrogen) atoms. The van der Waals surface area contributed by atoms with E-state index < -0.39 is 17.8 Å². The molecule has 1 aliphatic heterocycles. The van der Waals surface area contributed by atoms with Crippen molar-refractivity contribution in [3.8, 4) is 5.75 Å². The molecule has 0 unspecified atom stereocenters. The number of carbonyl (C=O) groups excluding carboxylic acids is 3. The van der Waals surface area contributed by atoms with Gasteiger partial charge in [0.25, 0.3) is 11.8 Å². The molecular weight excluding hydrogens is 531 g/mol. The predicted molar refractivity (Wildman–Crippen MR) is 126 cm³/mol. The van der Waals surface area contributed by atoms with E-state index in [9.17, 15) is 14.4 Å². The zero-order valence-corrected chi connectivity index (χ0v) is 19.5. The van der Waals surface area contributed by atoms with Crippen molar-refractivity contribution >= 4 is 58.1 Å². The van der Waals surface area contributed by atoms with Crippen LogP contribution in [0.1, 0.15) is 36.8 Å². The first-order valence-corrected chi connectivity index (χ1v) is 11.5. The van der Waals surface area contributed by atoms with Gasteiger partial charge in [-0.3, -0.25) is 19.8 Å². The van der Waals surface area contributed by atoms with E-state index in [0.29, 0.717) is 22.9 Å². The van der Waals surface area contributed by atoms with E-state index in [4.69, 9.17) is 16.3 Å². The van der Waals surface area contributed by atoms with E-state index in [-0.39, 0.29) is 11.6 Å². The highest BCUT2D eigenvalue weighted by atomic mass is 127. The minimum Gasteiger partial charge on any atom is -0.488 e. The lowest BCUT2D eigenvalue weighted by Crippen LogP contribution is -2.57. The molecule has 160 valence electrons. The first-order chi connectivity index (χ1) is 14.9. The van der Waals surface area contributed by atoms with Gasteiger partial charge < -0.3 is 4.74 Å². The number of hydrogen-bond acceptors (Lipinski definition) is 4. The molecule has 0 atom stereocenters. The number of barbiturate groups is 1. The van der Waals surface area contributed by atoms with Gasteiger partial charge in [0.15, 0.2) is 0 Å². The van der Waals surface area contributed by atoms with Crippen LogP contribution < -0.4 is 10.1 Å². The molecule has 4 amide bonds. The molecule has 0 spiro atoms. The molecule has 0 aromatic heterocycles. The molecule has 4 rings (SSSR count). The number of ether oxygens (including phenoxy) is 1. The molecule has 1 saturated heterocycles. The second kappa shape index (κ2) is 9.40. The molecule has 2 fully saturated rings. The number of nitrogens with one attached hydrogen (secondary N) is 1. The van der Waals surface area contributed by atoms with Crippen LogP contribution in [-0.4, -0.2) is 28.8 Å². The van der Waals surface area contributed by atoms with Crippen LogP contribution in [0, 0.1) is 3.57 Å². The molecule has 2 aromatic carbocycles. The van der Waals surface area contributed by atoms with Crippen LogP contribution in [0.25, 0.3) is 6.08 Å². The summed E-state index contributed by atoms with van der Waals surface area (Å²) in [6, 6.07) is 12.1. The lowest BCUT2D eigenvalue weighted by Gasteiger charge is -2.31. The number of nitrogens with zero attached hydrogens (tertiary/aromatic N) is 1. The number of benzene rings is 2. The van der Waals surface area contributed by atoms with Gasteiger partial charge in [-0.05, 0) is 65.3 Å². The number of imide groups is 2. The van der Waals surface area contributed by atoms with Crippen LogP contribution in [0.3, 0.4) is 0 Å². The fourth-order valence-electron chi connectivity index (χ4n) is 3.83. The molecule has 1 heterocycles. The maximum atomic E-state index is 12.9. The number of amides is 4. The van der Waals surface area contributed by atoms with E-state index in [1.807, 2.05) is 30.3 Å². The summed E-state index contributed by atoms with van der Waals surface area (Å²) < 4.78 is 6.70. The summed E-state index contributed by atoms with van der Waals surface area (Å²) in [7, 11) is 0. The highest BCUT2D eigenvalue weighted by Crippen LogP contribution is 2.29. The maximum absolute atomic E-state index is 12.9. The molecule has 6 nitrogen and oxygen atoms in total. The Labute approximate surface area is 198 Å². The van der Waals surface area contributed by atoms with Gasteiger partial charge in [0.05, 0.1) is 3.57 Å².